The van der Waals surface area contributed by atoms with E-state index >= 15 is 4.39 Å². The molecule has 2 N–H and O–H groups in total. The van der Waals surface area contributed by atoms with E-state index in [0.717, 1.165) is 10.9 Å². The molecule has 0 radical (unpaired) electrons. The molecule has 0 aliphatic heterocycles. The van der Waals surface area contributed by atoms with E-state index in [4.69, 9.17) is 4.74 Å². The number of carbonyl (C=O) groups is 1. The quantitative estimate of drug-likeness (QED) is 0.520. The number of aromatic nitrogens is 4. The molecular formula is C21H19F2N5O2. The zero-order valence-corrected chi connectivity index (χ0v) is 16.4. The number of carbonyl (C=O) groups excluding carboxylic acids is 1. The first-order chi connectivity index (χ1) is 14.5. The highest BCUT2D eigenvalue weighted by molar-refractivity contribution is 5.99. The van der Waals surface area contributed by atoms with Gasteiger partial charge in [-0.3, -0.25) is 9.89 Å². The molecule has 2 atom stereocenters. The number of hydrogen-bond donors (Lipinski definition) is 2. The Labute approximate surface area is 170 Å². The van der Waals surface area contributed by atoms with Gasteiger partial charge < -0.3 is 14.5 Å². The van der Waals surface area contributed by atoms with Gasteiger partial charge in [-0.05, 0) is 43.5 Å². The van der Waals surface area contributed by atoms with Crippen LogP contribution in [0.2, 0.25) is 0 Å². The van der Waals surface area contributed by atoms with Crippen molar-refractivity contribution >= 4 is 28.3 Å². The molecule has 1 fully saturated rings. The van der Waals surface area contributed by atoms with E-state index < -0.39 is 17.9 Å². The third kappa shape index (κ3) is 2.89. The number of ether oxygens (including phenoxy) is 1. The second-order valence-corrected chi connectivity index (χ2v) is 7.39. The molecule has 4 aromatic rings. The number of anilines is 1. The molecule has 154 valence electrons. The van der Waals surface area contributed by atoms with Crippen molar-refractivity contribution in [1.29, 1.82) is 0 Å². The summed E-state index contributed by atoms with van der Waals surface area (Å²) < 4.78 is 35.4. The number of alkyl halides is 1. The third-order valence-corrected chi connectivity index (χ3v) is 5.37. The predicted molar refractivity (Wildman–Crippen MR) is 108 cm³/mol. The average Bonchev–Trinajstić information content (AvgIpc) is 3.11. The maximum Gasteiger partial charge on any atom is 0.231 e. The highest BCUT2D eigenvalue weighted by Gasteiger charge is 2.43. The van der Waals surface area contributed by atoms with E-state index in [9.17, 15) is 9.18 Å². The monoisotopic (exact) mass is 411 g/mol. The molecule has 3 heterocycles. The molecule has 1 saturated carbocycles. The minimum absolute atomic E-state index is 0.159. The fraction of sp³-hybridized carbons (Fsp3) is 0.286. The van der Waals surface area contributed by atoms with Crippen LogP contribution in [0.15, 0.2) is 30.7 Å². The molecule has 1 aliphatic rings. The van der Waals surface area contributed by atoms with Crippen molar-refractivity contribution in [2.24, 2.45) is 5.92 Å². The molecule has 0 spiro atoms. The normalized spacial score (nSPS) is 18.1. The summed E-state index contributed by atoms with van der Waals surface area (Å²) in [5.74, 6) is -0.886. The first-order valence-electron chi connectivity index (χ1n) is 9.70. The maximum atomic E-state index is 15.0. The van der Waals surface area contributed by atoms with Crippen LogP contribution >= 0.6 is 0 Å². The van der Waals surface area contributed by atoms with Crippen LogP contribution in [0, 0.1) is 18.7 Å². The number of nitrogens with zero attached hydrogens (tertiary/aromatic N) is 3. The van der Waals surface area contributed by atoms with Crippen molar-refractivity contribution in [2.45, 2.75) is 26.4 Å². The van der Waals surface area contributed by atoms with Crippen LogP contribution in [-0.2, 0) is 4.79 Å². The minimum atomic E-state index is -1.07. The summed E-state index contributed by atoms with van der Waals surface area (Å²) in [5.41, 5.74) is 3.00. The fourth-order valence-electron chi connectivity index (χ4n) is 3.75. The summed E-state index contributed by atoms with van der Waals surface area (Å²) in [6, 6.07) is 3.61. The summed E-state index contributed by atoms with van der Waals surface area (Å²) in [4.78, 5) is 16.3. The van der Waals surface area contributed by atoms with Crippen molar-refractivity contribution in [3.05, 3.63) is 42.1 Å². The number of amides is 1. The SMILES string of the molecule is CCOc1c(F)c(C)c(-c2ccc3nc(NC(=O)[C@@H]4C[C@@H]4F)cn3c2)c2cn[nH]c12. The molecule has 0 saturated heterocycles. The topological polar surface area (TPSA) is 84.3 Å². The predicted octanol–water partition coefficient (Wildman–Crippen LogP) is 4.02. The van der Waals surface area contributed by atoms with E-state index in [1.165, 1.54) is 0 Å². The Morgan fingerprint density at radius 2 is 2.20 bits per heavy atom. The second-order valence-electron chi connectivity index (χ2n) is 7.39. The number of fused-ring (bicyclic) bond motifs is 2. The van der Waals surface area contributed by atoms with Crippen molar-refractivity contribution in [3.8, 4) is 16.9 Å². The number of pyridine rings is 1. The summed E-state index contributed by atoms with van der Waals surface area (Å²) in [6.07, 6.45) is 4.29. The van der Waals surface area contributed by atoms with Crippen LogP contribution in [0.3, 0.4) is 0 Å². The van der Waals surface area contributed by atoms with E-state index in [1.54, 1.807) is 36.7 Å². The fourth-order valence-corrected chi connectivity index (χ4v) is 3.75. The smallest absolute Gasteiger partial charge is 0.231 e. The Morgan fingerprint density at radius 1 is 1.40 bits per heavy atom. The molecule has 1 aliphatic carbocycles. The largest absolute Gasteiger partial charge is 0.489 e. The molecule has 30 heavy (non-hydrogen) atoms. The first kappa shape index (κ1) is 18.5. The van der Waals surface area contributed by atoms with Crippen LogP contribution in [0.25, 0.3) is 27.7 Å². The van der Waals surface area contributed by atoms with Gasteiger partial charge in [-0.1, -0.05) is 0 Å². The van der Waals surface area contributed by atoms with E-state index in [2.05, 4.69) is 20.5 Å². The number of benzene rings is 1. The summed E-state index contributed by atoms with van der Waals surface area (Å²) >= 11 is 0. The highest BCUT2D eigenvalue weighted by atomic mass is 19.1. The van der Waals surface area contributed by atoms with Gasteiger partial charge in [0.15, 0.2) is 17.4 Å². The molecular weight excluding hydrogens is 392 g/mol. The second kappa shape index (κ2) is 6.79. The average molecular weight is 411 g/mol. The molecule has 1 amide bonds. The third-order valence-electron chi connectivity index (χ3n) is 5.37. The number of hydrogen-bond acceptors (Lipinski definition) is 4. The zero-order valence-electron chi connectivity index (χ0n) is 16.4. The maximum absolute atomic E-state index is 15.0. The molecule has 7 nitrogen and oxygen atoms in total. The van der Waals surface area contributed by atoms with Crippen LogP contribution in [0.1, 0.15) is 18.9 Å². The van der Waals surface area contributed by atoms with Gasteiger partial charge in [0.25, 0.3) is 0 Å². The first-order valence-corrected chi connectivity index (χ1v) is 9.70. The Balaban J connectivity index is 1.57. The molecule has 9 heteroatoms. The van der Waals surface area contributed by atoms with Gasteiger partial charge >= 0.3 is 0 Å². The minimum Gasteiger partial charge on any atom is -0.489 e. The van der Waals surface area contributed by atoms with Gasteiger partial charge in [0.05, 0.1) is 24.9 Å². The van der Waals surface area contributed by atoms with Gasteiger partial charge in [-0.2, -0.15) is 5.10 Å². The van der Waals surface area contributed by atoms with Gasteiger partial charge in [-0.25, -0.2) is 13.8 Å². The lowest BCUT2D eigenvalue weighted by Crippen LogP contribution is -2.15. The molecule has 0 unspecified atom stereocenters. The Bertz CT molecular complexity index is 1300. The van der Waals surface area contributed by atoms with Crippen molar-refractivity contribution in [3.63, 3.8) is 0 Å². The van der Waals surface area contributed by atoms with E-state index in [-0.39, 0.29) is 18.1 Å². The van der Waals surface area contributed by atoms with Gasteiger partial charge in [0.1, 0.15) is 17.3 Å². The van der Waals surface area contributed by atoms with Crippen LogP contribution in [0.5, 0.6) is 5.75 Å². The number of rotatable bonds is 5. The standard InChI is InChI=1S/C21H19F2N5O2/c1-3-30-20-18(23)10(2)17(13-7-24-27-19(13)20)11-4-5-16-25-15(9-28(16)8-11)26-21(29)12-6-14(12)22/h4-5,7-9,12,14H,3,6H2,1-2H3,(H,24,27)(H,26,29)/t12-,14+/m1/s1. The highest BCUT2D eigenvalue weighted by Crippen LogP contribution is 2.39. The van der Waals surface area contributed by atoms with Crippen molar-refractivity contribution in [1.82, 2.24) is 19.6 Å². The zero-order chi connectivity index (χ0) is 21.0. The Morgan fingerprint density at radius 3 is 2.93 bits per heavy atom. The number of imidazole rings is 1. The summed E-state index contributed by atoms with van der Waals surface area (Å²) in [6.45, 7) is 3.83. The molecule has 3 aromatic heterocycles. The van der Waals surface area contributed by atoms with Crippen LogP contribution in [-0.4, -0.2) is 38.3 Å². The lowest BCUT2D eigenvalue weighted by atomic mass is 9.97. The van der Waals surface area contributed by atoms with Crippen LogP contribution in [0.4, 0.5) is 14.6 Å². The van der Waals surface area contributed by atoms with Crippen molar-refractivity contribution in [2.75, 3.05) is 11.9 Å². The number of halogens is 2. The molecule has 1 aromatic carbocycles. The van der Waals surface area contributed by atoms with Gasteiger partial charge in [0.2, 0.25) is 5.91 Å². The lowest BCUT2D eigenvalue weighted by Gasteiger charge is -2.14. The van der Waals surface area contributed by atoms with Crippen molar-refractivity contribution < 1.29 is 18.3 Å². The summed E-state index contributed by atoms with van der Waals surface area (Å²) in [7, 11) is 0. The van der Waals surface area contributed by atoms with Gasteiger partial charge in [0, 0.05) is 17.1 Å². The number of H-pyrrole nitrogens is 1. The Kier molecular flexibility index (Phi) is 4.19. The van der Waals surface area contributed by atoms with E-state index in [1.807, 2.05) is 12.3 Å². The van der Waals surface area contributed by atoms with Gasteiger partial charge in [-0.15, -0.1) is 0 Å². The number of nitrogens with one attached hydrogen (secondary N) is 2. The summed E-state index contributed by atoms with van der Waals surface area (Å²) in [5, 5.41) is 10.3. The number of aromatic amines is 1. The molecule has 0 bridgehead atoms. The molecule has 5 rings (SSSR count). The van der Waals surface area contributed by atoms with Crippen LogP contribution < -0.4 is 10.1 Å². The van der Waals surface area contributed by atoms with E-state index in [0.29, 0.717) is 34.7 Å². The lowest BCUT2D eigenvalue weighted by molar-refractivity contribution is -0.117. The Hall–Kier alpha value is -3.49.